The summed E-state index contributed by atoms with van der Waals surface area (Å²) in [5.74, 6) is 1.14. The Hall–Kier alpha value is -2.35. The third-order valence-corrected chi connectivity index (χ3v) is 2.34. The number of rotatable bonds is 4. The summed E-state index contributed by atoms with van der Waals surface area (Å²) in [7, 11) is 0. The van der Waals surface area contributed by atoms with Gasteiger partial charge in [-0.2, -0.15) is 0 Å². The summed E-state index contributed by atoms with van der Waals surface area (Å²) in [6.45, 7) is 5.17. The van der Waals surface area contributed by atoms with Crippen LogP contribution >= 0.6 is 0 Å². The van der Waals surface area contributed by atoms with Gasteiger partial charge in [0.2, 0.25) is 0 Å². The molecule has 5 heteroatoms. The largest absolute Gasteiger partial charge is 0.462 e. The molecule has 0 N–H and O–H groups in total. The molecule has 0 saturated carbocycles. The number of esters is 2. The maximum atomic E-state index is 11.9. The van der Waals surface area contributed by atoms with Crippen molar-refractivity contribution in [3.8, 4) is 12.3 Å². The lowest BCUT2D eigenvalue weighted by atomic mass is 10.1. The van der Waals surface area contributed by atoms with Crippen LogP contribution in [0.2, 0.25) is 0 Å². The van der Waals surface area contributed by atoms with Crippen molar-refractivity contribution < 1.29 is 19.1 Å². The minimum atomic E-state index is -0.641. The highest BCUT2D eigenvalue weighted by Crippen LogP contribution is 2.12. The first kappa shape index (κ1) is 14.7. The smallest absolute Gasteiger partial charge is 0.341 e. The van der Waals surface area contributed by atoms with Crippen LogP contribution in [-0.2, 0) is 9.47 Å². The van der Waals surface area contributed by atoms with E-state index in [-0.39, 0.29) is 17.7 Å². The van der Waals surface area contributed by atoms with E-state index < -0.39 is 18.0 Å². The lowest BCUT2D eigenvalue weighted by Crippen LogP contribution is -2.16. The van der Waals surface area contributed by atoms with Gasteiger partial charge in [0.05, 0.1) is 23.4 Å². The van der Waals surface area contributed by atoms with Crippen LogP contribution in [0.1, 0.15) is 40.3 Å². The minimum Gasteiger partial charge on any atom is -0.462 e. The third-order valence-electron chi connectivity index (χ3n) is 2.34. The van der Waals surface area contributed by atoms with Gasteiger partial charge in [0.1, 0.15) is 0 Å². The van der Waals surface area contributed by atoms with Gasteiger partial charge in [0, 0.05) is 6.20 Å². The summed E-state index contributed by atoms with van der Waals surface area (Å²) < 4.78 is 9.84. The predicted octanol–water partition coefficient (Wildman–Crippen LogP) is 1.75. The number of carbonyl (C=O) groups is 2. The standard InChI is InChI=1S/C14H15NO4/c1-5-9(3)19-14(17)12-7-11(8-15-10(12)4)13(16)18-6-2/h1,7-9H,6H2,2-4H3/t9-/m0/s1. The van der Waals surface area contributed by atoms with E-state index in [4.69, 9.17) is 15.9 Å². The molecule has 0 radical (unpaired) electrons. The summed E-state index contributed by atoms with van der Waals surface area (Å²) >= 11 is 0. The zero-order valence-electron chi connectivity index (χ0n) is 11.1. The van der Waals surface area contributed by atoms with E-state index in [0.29, 0.717) is 5.69 Å². The highest BCUT2D eigenvalue weighted by Gasteiger charge is 2.17. The van der Waals surface area contributed by atoms with Crippen molar-refractivity contribution in [2.45, 2.75) is 26.9 Å². The van der Waals surface area contributed by atoms with Gasteiger partial charge in [-0.15, -0.1) is 6.42 Å². The van der Waals surface area contributed by atoms with E-state index in [2.05, 4.69) is 10.9 Å². The molecule has 1 aromatic rings. The second-order valence-electron chi connectivity index (χ2n) is 3.79. The second kappa shape index (κ2) is 6.55. The highest BCUT2D eigenvalue weighted by atomic mass is 16.5. The van der Waals surface area contributed by atoms with Crippen molar-refractivity contribution in [3.63, 3.8) is 0 Å². The number of aryl methyl sites for hydroxylation is 1. The number of carbonyl (C=O) groups excluding carboxylic acids is 2. The Morgan fingerprint density at radius 2 is 2.16 bits per heavy atom. The molecule has 0 amide bonds. The Morgan fingerprint density at radius 3 is 2.74 bits per heavy atom. The second-order valence-corrected chi connectivity index (χ2v) is 3.79. The Labute approximate surface area is 111 Å². The van der Waals surface area contributed by atoms with Gasteiger partial charge in [-0.1, -0.05) is 5.92 Å². The topological polar surface area (TPSA) is 65.5 Å². The SMILES string of the molecule is C#C[C@H](C)OC(=O)c1cc(C(=O)OCC)cnc1C. The van der Waals surface area contributed by atoms with Crippen molar-refractivity contribution in [3.05, 3.63) is 29.1 Å². The zero-order valence-corrected chi connectivity index (χ0v) is 11.1. The fourth-order valence-corrected chi connectivity index (χ4v) is 1.32. The Balaban J connectivity index is 3.01. The summed E-state index contributed by atoms with van der Waals surface area (Å²) in [6.07, 6.45) is 5.85. The summed E-state index contributed by atoms with van der Waals surface area (Å²) in [4.78, 5) is 27.4. The molecular formula is C14H15NO4. The number of aromatic nitrogens is 1. The number of nitrogens with zero attached hydrogens (tertiary/aromatic N) is 1. The Bertz CT molecular complexity index is 531. The van der Waals surface area contributed by atoms with E-state index in [1.807, 2.05) is 0 Å². The molecule has 0 fully saturated rings. The lowest BCUT2D eigenvalue weighted by Gasteiger charge is -2.10. The fraction of sp³-hybridized carbons (Fsp3) is 0.357. The van der Waals surface area contributed by atoms with Crippen molar-refractivity contribution in [1.82, 2.24) is 4.98 Å². The van der Waals surface area contributed by atoms with Gasteiger partial charge in [-0.05, 0) is 26.8 Å². The molecule has 0 aromatic carbocycles. The summed E-state index contributed by atoms with van der Waals surface area (Å²) in [5.41, 5.74) is 0.864. The molecule has 0 saturated heterocycles. The lowest BCUT2D eigenvalue weighted by molar-refractivity contribution is 0.0437. The van der Waals surface area contributed by atoms with Crippen LogP contribution in [0.25, 0.3) is 0 Å². The van der Waals surface area contributed by atoms with Gasteiger partial charge in [-0.25, -0.2) is 9.59 Å². The monoisotopic (exact) mass is 261 g/mol. The molecular weight excluding hydrogens is 246 g/mol. The van der Waals surface area contributed by atoms with Gasteiger partial charge in [0.25, 0.3) is 0 Å². The molecule has 1 atom stereocenters. The molecule has 0 aliphatic rings. The first-order chi connectivity index (χ1) is 8.99. The van der Waals surface area contributed by atoms with E-state index in [1.54, 1.807) is 20.8 Å². The molecule has 100 valence electrons. The number of pyridine rings is 1. The van der Waals surface area contributed by atoms with Gasteiger partial charge in [-0.3, -0.25) is 4.98 Å². The van der Waals surface area contributed by atoms with Crippen molar-refractivity contribution in [2.75, 3.05) is 6.61 Å². The van der Waals surface area contributed by atoms with Crippen LogP contribution in [-0.4, -0.2) is 29.6 Å². The van der Waals surface area contributed by atoms with Gasteiger partial charge >= 0.3 is 11.9 Å². The first-order valence-electron chi connectivity index (χ1n) is 5.80. The number of terminal acetylenes is 1. The molecule has 0 unspecified atom stereocenters. The van der Waals surface area contributed by atoms with Crippen LogP contribution in [0, 0.1) is 19.3 Å². The van der Waals surface area contributed by atoms with Crippen LogP contribution in [0.4, 0.5) is 0 Å². The molecule has 1 heterocycles. The predicted molar refractivity (Wildman–Crippen MR) is 68.6 cm³/mol. The minimum absolute atomic E-state index is 0.202. The molecule has 0 aliphatic carbocycles. The molecule has 1 aromatic heterocycles. The molecule has 5 nitrogen and oxygen atoms in total. The highest BCUT2D eigenvalue weighted by molar-refractivity contribution is 5.95. The molecule has 0 spiro atoms. The van der Waals surface area contributed by atoms with E-state index >= 15 is 0 Å². The van der Waals surface area contributed by atoms with Crippen LogP contribution in [0.5, 0.6) is 0 Å². The average molecular weight is 261 g/mol. The fourth-order valence-electron chi connectivity index (χ4n) is 1.32. The Kier molecular flexibility index (Phi) is 5.07. The van der Waals surface area contributed by atoms with Crippen LogP contribution in [0.15, 0.2) is 12.3 Å². The maximum absolute atomic E-state index is 11.9. The zero-order chi connectivity index (χ0) is 14.4. The summed E-state index contributed by atoms with van der Waals surface area (Å²) in [5, 5.41) is 0. The van der Waals surface area contributed by atoms with Crippen molar-refractivity contribution in [2.24, 2.45) is 0 Å². The van der Waals surface area contributed by atoms with Gasteiger partial charge < -0.3 is 9.47 Å². The first-order valence-corrected chi connectivity index (χ1v) is 5.80. The van der Waals surface area contributed by atoms with Crippen molar-refractivity contribution >= 4 is 11.9 Å². The molecule has 0 aliphatic heterocycles. The van der Waals surface area contributed by atoms with Gasteiger partial charge in [0.15, 0.2) is 6.10 Å². The number of hydrogen-bond acceptors (Lipinski definition) is 5. The summed E-state index contributed by atoms with van der Waals surface area (Å²) in [6, 6.07) is 1.39. The Morgan fingerprint density at radius 1 is 1.47 bits per heavy atom. The quantitative estimate of drug-likeness (QED) is 0.610. The van der Waals surface area contributed by atoms with Crippen molar-refractivity contribution in [1.29, 1.82) is 0 Å². The van der Waals surface area contributed by atoms with E-state index in [9.17, 15) is 9.59 Å². The maximum Gasteiger partial charge on any atom is 0.341 e. The molecule has 1 rings (SSSR count). The van der Waals surface area contributed by atoms with Crippen LogP contribution in [0.3, 0.4) is 0 Å². The molecule has 0 bridgehead atoms. The normalized spacial score (nSPS) is 11.3. The van der Waals surface area contributed by atoms with E-state index in [0.717, 1.165) is 0 Å². The van der Waals surface area contributed by atoms with Crippen LogP contribution < -0.4 is 0 Å². The average Bonchev–Trinajstić information content (AvgIpc) is 2.39. The van der Waals surface area contributed by atoms with E-state index in [1.165, 1.54) is 12.3 Å². The molecule has 19 heavy (non-hydrogen) atoms. The number of hydrogen-bond donors (Lipinski definition) is 0. The third kappa shape index (κ3) is 3.81. The number of ether oxygens (including phenoxy) is 2.